The number of hydrogen-bond donors (Lipinski definition) is 2. The zero-order valence-electron chi connectivity index (χ0n) is 20.9. The number of aromatic amines is 1. The summed E-state index contributed by atoms with van der Waals surface area (Å²) in [5.74, 6) is 0.725. The second-order valence-electron chi connectivity index (χ2n) is 10.7. The van der Waals surface area contributed by atoms with Crippen molar-refractivity contribution >= 4 is 16.6 Å². The molecule has 1 aliphatic heterocycles. The summed E-state index contributed by atoms with van der Waals surface area (Å²) in [7, 11) is 0. The van der Waals surface area contributed by atoms with E-state index in [4.69, 9.17) is 4.98 Å². The first-order chi connectivity index (χ1) is 16.3. The molecule has 4 rings (SSSR count). The Morgan fingerprint density at radius 2 is 1.97 bits per heavy atom. The van der Waals surface area contributed by atoms with E-state index in [1.54, 1.807) is 0 Å². The van der Waals surface area contributed by atoms with E-state index < -0.39 is 0 Å². The van der Waals surface area contributed by atoms with Crippen molar-refractivity contribution < 1.29 is 0 Å². The summed E-state index contributed by atoms with van der Waals surface area (Å²) in [4.78, 5) is 22.9. The van der Waals surface area contributed by atoms with Gasteiger partial charge in [0.1, 0.15) is 5.82 Å². The molecule has 5 heteroatoms. The molecule has 180 valence electrons. The minimum atomic E-state index is -0.0455. The third-order valence-electron chi connectivity index (χ3n) is 6.40. The molecule has 0 saturated carbocycles. The van der Waals surface area contributed by atoms with E-state index in [2.05, 4.69) is 72.9 Å². The molecule has 0 unspecified atom stereocenters. The number of para-hydroxylation sites is 1. The second-order valence-corrected chi connectivity index (χ2v) is 10.7. The SMILES string of the molecule is C=C(CC(C)(C)C)NCCCCCc1ccc2nc(CN3CCc4ccccc43)[nH]c(=O)c2c1. The first-order valence-electron chi connectivity index (χ1n) is 12.5. The van der Waals surface area contributed by atoms with Gasteiger partial charge in [0.15, 0.2) is 0 Å². The lowest BCUT2D eigenvalue weighted by molar-refractivity contribution is 0.398. The lowest BCUT2D eigenvalue weighted by Gasteiger charge is -2.20. The van der Waals surface area contributed by atoms with Crippen molar-refractivity contribution in [1.29, 1.82) is 0 Å². The fraction of sp³-hybridized carbons (Fsp3) is 0.448. The quantitative estimate of drug-likeness (QED) is 0.381. The van der Waals surface area contributed by atoms with E-state index in [9.17, 15) is 4.79 Å². The maximum absolute atomic E-state index is 12.8. The molecule has 0 fully saturated rings. The van der Waals surface area contributed by atoms with Crippen LogP contribution in [0.4, 0.5) is 5.69 Å². The summed E-state index contributed by atoms with van der Waals surface area (Å²) in [5.41, 5.74) is 5.93. The number of allylic oxidation sites excluding steroid dienone is 1. The zero-order chi connectivity index (χ0) is 24.1. The molecule has 0 spiro atoms. The van der Waals surface area contributed by atoms with Crippen LogP contribution in [0.5, 0.6) is 0 Å². The molecule has 34 heavy (non-hydrogen) atoms. The standard InChI is InChI=1S/C29H38N4O/c1-21(19-29(2,3)4)30-16-9-5-6-10-22-13-14-25-24(18-22)28(34)32-27(31-25)20-33-17-15-23-11-7-8-12-26(23)33/h7-8,11-14,18,30H,1,5-6,9-10,15-17,19-20H2,2-4H3,(H,31,32,34). The van der Waals surface area contributed by atoms with Crippen molar-refractivity contribution in [2.24, 2.45) is 5.41 Å². The van der Waals surface area contributed by atoms with Crippen LogP contribution < -0.4 is 15.8 Å². The van der Waals surface area contributed by atoms with Crippen LogP contribution in [-0.2, 0) is 19.4 Å². The Bertz CT molecular complexity index is 1200. The van der Waals surface area contributed by atoms with Crippen LogP contribution in [0.15, 0.2) is 59.5 Å². The van der Waals surface area contributed by atoms with Crippen LogP contribution in [0.2, 0.25) is 0 Å². The molecular weight excluding hydrogens is 420 g/mol. The van der Waals surface area contributed by atoms with Crippen LogP contribution in [-0.4, -0.2) is 23.1 Å². The molecule has 0 saturated heterocycles. The van der Waals surface area contributed by atoms with Gasteiger partial charge >= 0.3 is 0 Å². The van der Waals surface area contributed by atoms with Crippen molar-refractivity contribution in [3.05, 3.63) is 82.0 Å². The Labute approximate surface area is 203 Å². The predicted molar refractivity (Wildman–Crippen MR) is 142 cm³/mol. The van der Waals surface area contributed by atoms with Gasteiger partial charge in [-0.3, -0.25) is 4.79 Å². The molecule has 1 aromatic heterocycles. The van der Waals surface area contributed by atoms with E-state index in [1.165, 1.54) is 16.8 Å². The van der Waals surface area contributed by atoms with E-state index in [0.717, 1.165) is 68.7 Å². The Morgan fingerprint density at radius 1 is 1.15 bits per heavy atom. The highest BCUT2D eigenvalue weighted by Gasteiger charge is 2.19. The average molecular weight is 459 g/mol. The minimum Gasteiger partial charge on any atom is -0.389 e. The number of aromatic nitrogens is 2. The first kappa shape index (κ1) is 24.1. The predicted octanol–water partition coefficient (Wildman–Crippen LogP) is 5.74. The van der Waals surface area contributed by atoms with Crippen molar-refractivity contribution in [1.82, 2.24) is 15.3 Å². The van der Waals surface area contributed by atoms with Gasteiger partial charge in [-0.1, -0.05) is 58.0 Å². The number of anilines is 1. The first-order valence-corrected chi connectivity index (χ1v) is 12.5. The van der Waals surface area contributed by atoms with Crippen molar-refractivity contribution in [2.45, 2.75) is 65.8 Å². The summed E-state index contributed by atoms with van der Waals surface area (Å²) in [6.45, 7) is 13.4. The van der Waals surface area contributed by atoms with Crippen LogP contribution in [0.1, 0.15) is 63.4 Å². The van der Waals surface area contributed by atoms with Crippen LogP contribution in [0.3, 0.4) is 0 Å². The molecule has 3 aromatic rings. The lowest BCUT2D eigenvalue weighted by atomic mass is 9.91. The highest BCUT2D eigenvalue weighted by molar-refractivity contribution is 5.78. The molecular formula is C29H38N4O. The zero-order valence-corrected chi connectivity index (χ0v) is 20.9. The molecule has 2 heterocycles. The summed E-state index contributed by atoms with van der Waals surface area (Å²) in [5, 5.41) is 4.14. The molecule has 2 N–H and O–H groups in total. The van der Waals surface area contributed by atoms with Gasteiger partial charge in [0.2, 0.25) is 0 Å². The van der Waals surface area contributed by atoms with Crippen LogP contribution >= 0.6 is 0 Å². The molecule has 0 radical (unpaired) electrons. The Balaban J connectivity index is 1.29. The number of nitrogens with zero attached hydrogens (tertiary/aromatic N) is 2. The minimum absolute atomic E-state index is 0.0455. The van der Waals surface area contributed by atoms with Gasteiger partial charge in [-0.25, -0.2) is 4.98 Å². The van der Waals surface area contributed by atoms with Crippen LogP contribution in [0.25, 0.3) is 10.9 Å². The molecule has 5 nitrogen and oxygen atoms in total. The molecule has 0 amide bonds. The Morgan fingerprint density at radius 3 is 2.79 bits per heavy atom. The molecule has 0 aliphatic carbocycles. The number of nitrogens with one attached hydrogen (secondary N) is 2. The van der Waals surface area contributed by atoms with E-state index in [-0.39, 0.29) is 11.0 Å². The summed E-state index contributed by atoms with van der Waals surface area (Å²) >= 11 is 0. The van der Waals surface area contributed by atoms with Crippen LogP contribution in [0, 0.1) is 5.41 Å². The highest BCUT2D eigenvalue weighted by Crippen LogP contribution is 2.28. The summed E-state index contributed by atoms with van der Waals surface area (Å²) in [6.07, 6.45) is 6.40. The molecule has 1 aliphatic rings. The molecule has 0 bridgehead atoms. The monoisotopic (exact) mass is 458 g/mol. The molecule has 0 atom stereocenters. The van der Waals surface area contributed by atoms with Gasteiger partial charge in [-0.05, 0) is 66.8 Å². The highest BCUT2D eigenvalue weighted by atomic mass is 16.1. The van der Waals surface area contributed by atoms with E-state index in [1.807, 2.05) is 12.1 Å². The largest absolute Gasteiger partial charge is 0.389 e. The Kier molecular flexibility index (Phi) is 7.40. The fourth-order valence-corrected chi connectivity index (χ4v) is 4.82. The van der Waals surface area contributed by atoms with E-state index >= 15 is 0 Å². The number of H-pyrrole nitrogens is 1. The van der Waals surface area contributed by atoms with Gasteiger partial charge in [-0.15, -0.1) is 0 Å². The third kappa shape index (κ3) is 6.28. The normalized spacial score (nSPS) is 13.3. The number of fused-ring (bicyclic) bond motifs is 2. The fourth-order valence-electron chi connectivity index (χ4n) is 4.82. The maximum Gasteiger partial charge on any atom is 0.258 e. The smallest absolute Gasteiger partial charge is 0.258 e. The number of aryl methyl sites for hydroxylation is 1. The van der Waals surface area contributed by atoms with Gasteiger partial charge in [0, 0.05) is 24.5 Å². The van der Waals surface area contributed by atoms with E-state index in [0.29, 0.717) is 11.9 Å². The molecule has 2 aromatic carbocycles. The van der Waals surface area contributed by atoms with Gasteiger partial charge in [0.05, 0.1) is 17.4 Å². The van der Waals surface area contributed by atoms with Gasteiger partial charge < -0.3 is 15.2 Å². The Hall–Kier alpha value is -3.08. The maximum atomic E-state index is 12.8. The summed E-state index contributed by atoms with van der Waals surface area (Å²) < 4.78 is 0. The van der Waals surface area contributed by atoms with Crippen molar-refractivity contribution in [2.75, 3.05) is 18.0 Å². The van der Waals surface area contributed by atoms with Gasteiger partial charge in [0.25, 0.3) is 5.56 Å². The average Bonchev–Trinajstić information content (AvgIpc) is 3.18. The topological polar surface area (TPSA) is 61.0 Å². The summed E-state index contributed by atoms with van der Waals surface area (Å²) in [6, 6.07) is 14.6. The van der Waals surface area contributed by atoms with Gasteiger partial charge in [-0.2, -0.15) is 0 Å². The number of rotatable bonds is 10. The third-order valence-corrected chi connectivity index (χ3v) is 6.40. The number of hydrogen-bond acceptors (Lipinski definition) is 4. The second kappa shape index (κ2) is 10.5. The number of unbranched alkanes of at least 4 members (excludes halogenated alkanes) is 2. The number of benzene rings is 2. The lowest BCUT2D eigenvalue weighted by Crippen LogP contribution is -2.23. The van der Waals surface area contributed by atoms with Crippen molar-refractivity contribution in [3.8, 4) is 0 Å². The van der Waals surface area contributed by atoms with Crippen molar-refractivity contribution in [3.63, 3.8) is 0 Å².